The van der Waals surface area contributed by atoms with Crippen molar-refractivity contribution in [1.82, 2.24) is 0 Å². The van der Waals surface area contributed by atoms with Gasteiger partial charge in [0.25, 0.3) is 0 Å². The molecule has 0 spiro atoms. The second-order valence-electron chi connectivity index (χ2n) is 5.80. The smallest absolute Gasteiger partial charge is 0.170 e. The van der Waals surface area contributed by atoms with Gasteiger partial charge >= 0.3 is 0 Å². The maximum atomic E-state index is 9.76. The number of aliphatic hydroxyl groups excluding tert-OH is 1. The fourth-order valence-corrected chi connectivity index (χ4v) is 2.41. The second kappa shape index (κ2) is 9.25. The van der Waals surface area contributed by atoms with Crippen LogP contribution in [-0.4, -0.2) is 11.2 Å². The lowest BCUT2D eigenvalue weighted by Crippen LogP contribution is -2.23. The summed E-state index contributed by atoms with van der Waals surface area (Å²) in [7, 11) is 0. The summed E-state index contributed by atoms with van der Waals surface area (Å²) in [6.07, 6.45) is -0.662. The van der Waals surface area contributed by atoms with E-state index < -0.39 is 12.1 Å². The SMILES string of the molecule is C[C@H](O)[C@H](N)c1ccc(Oc2ccccc2)c(Oc2ccccc2)c1.Cl. The van der Waals surface area contributed by atoms with Gasteiger partial charge in [-0.25, -0.2) is 0 Å². The van der Waals surface area contributed by atoms with Crippen molar-refractivity contribution in [3.8, 4) is 23.0 Å². The number of aliphatic hydroxyl groups is 1. The van der Waals surface area contributed by atoms with E-state index in [1.807, 2.05) is 78.9 Å². The molecule has 0 radical (unpaired) electrons. The minimum atomic E-state index is -0.662. The predicted octanol–water partition coefficient (Wildman–Crippen LogP) is 5.07. The third kappa shape index (κ3) is 4.99. The molecule has 0 aliphatic heterocycles. The molecule has 4 nitrogen and oxygen atoms in total. The molecule has 3 aromatic rings. The minimum Gasteiger partial charge on any atom is -0.453 e. The van der Waals surface area contributed by atoms with E-state index in [9.17, 15) is 5.11 Å². The molecule has 0 unspecified atom stereocenters. The van der Waals surface area contributed by atoms with Crippen LogP contribution in [0.3, 0.4) is 0 Å². The van der Waals surface area contributed by atoms with Crippen LogP contribution in [0.2, 0.25) is 0 Å². The van der Waals surface area contributed by atoms with Gasteiger partial charge in [0, 0.05) is 0 Å². The summed E-state index contributed by atoms with van der Waals surface area (Å²) in [6.45, 7) is 1.66. The highest BCUT2D eigenvalue weighted by atomic mass is 35.5. The molecule has 136 valence electrons. The number of ether oxygens (including phenoxy) is 2. The maximum absolute atomic E-state index is 9.76. The first-order chi connectivity index (χ1) is 12.1. The van der Waals surface area contributed by atoms with Crippen molar-refractivity contribution in [2.75, 3.05) is 0 Å². The fraction of sp³-hybridized carbons (Fsp3) is 0.143. The first-order valence-electron chi connectivity index (χ1n) is 8.17. The van der Waals surface area contributed by atoms with Crippen molar-refractivity contribution in [1.29, 1.82) is 0 Å². The number of hydrogen-bond acceptors (Lipinski definition) is 4. The molecule has 0 aliphatic carbocycles. The standard InChI is InChI=1S/C21H21NO3.ClH/c1-15(23)21(22)16-12-13-19(24-17-8-4-2-5-9-17)20(14-16)25-18-10-6-3-7-11-18;/h2-15,21,23H,22H2,1H3;1H/t15-,21-;/m0./s1. The summed E-state index contributed by atoms with van der Waals surface area (Å²) < 4.78 is 11.9. The lowest BCUT2D eigenvalue weighted by molar-refractivity contribution is 0.164. The van der Waals surface area contributed by atoms with Crippen molar-refractivity contribution in [2.24, 2.45) is 5.73 Å². The summed E-state index contributed by atoms with van der Waals surface area (Å²) in [6, 6.07) is 23.9. The highest BCUT2D eigenvalue weighted by Gasteiger charge is 2.16. The van der Waals surface area contributed by atoms with E-state index in [4.69, 9.17) is 15.2 Å². The molecule has 3 aromatic carbocycles. The molecule has 26 heavy (non-hydrogen) atoms. The summed E-state index contributed by atoms with van der Waals surface area (Å²) in [5.74, 6) is 2.54. The lowest BCUT2D eigenvalue weighted by Gasteiger charge is -2.18. The van der Waals surface area contributed by atoms with Crippen LogP contribution in [0.15, 0.2) is 78.9 Å². The Morgan fingerprint density at radius 3 is 1.77 bits per heavy atom. The Morgan fingerprint density at radius 2 is 1.27 bits per heavy atom. The van der Waals surface area contributed by atoms with Gasteiger partial charge < -0.3 is 20.3 Å². The average Bonchev–Trinajstić information content (AvgIpc) is 2.64. The molecule has 0 fully saturated rings. The molecule has 0 saturated heterocycles. The van der Waals surface area contributed by atoms with Crippen LogP contribution in [0.25, 0.3) is 0 Å². The molecule has 0 heterocycles. The van der Waals surface area contributed by atoms with Crippen LogP contribution in [0.5, 0.6) is 23.0 Å². The number of nitrogens with two attached hydrogens (primary N) is 1. The average molecular weight is 372 g/mol. The van der Waals surface area contributed by atoms with Crippen molar-refractivity contribution in [3.05, 3.63) is 84.4 Å². The Morgan fingerprint density at radius 1 is 0.769 bits per heavy atom. The van der Waals surface area contributed by atoms with E-state index in [1.165, 1.54) is 0 Å². The number of para-hydroxylation sites is 2. The van der Waals surface area contributed by atoms with Gasteiger partial charge in [-0.05, 0) is 48.9 Å². The van der Waals surface area contributed by atoms with Gasteiger partial charge in [0.2, 0.25) is 0 Å². The highest BCUT2D eigenvalue weighted by Crippen LogP contribution is 2.36. The molecule has 0 aliphatic rings. The zero-order valence-electron chi connectivity index (χ0n) is 14.4. The number of benzene rings is 3. The van der Waals surface area contributed by atoms with Crippen LogP contribution < -0.4 is 15.2 Å². The van der Waals surface area contributed by atoms with E-state index in [1.54, 1.807) is 6.92 Å². The molecule has 3 rings (SSSR count). The van der Waals surface area contributed by atoms with Gasteiger partial charge in [-0.15, -0.1) is 12.4 Å². The Hall–Kier alpha value is -2.53. The maximum Gasteiger partial charge on any atom is 0.170 e. The van der Waals surface area contributed by atoms with Gasteiger partial charge in [0.15, 0.2) is 11.5 Å². The number of halogens is 1. The Kier molecular flexibility index (Phi) is 7.04. The Bertz CT molecular complexity index is 810. The fourth-order valence-electron chi connectivity index (χ4n) is 2.41. The first-order valence-corrected chi connectivity index (χ1v) is 8.17. The van der Waals surface area contributed by atoms with Crippen LogP contribution >= 0.6 is 12.4 Å². The van der Waals surface area contributed by atoms with E-state index in [0.717, 1.165) is 5.56 Å². The minimum absolute atomic E-state index is 0. The predicted molar refractivity (Wildman–Crippen MR) is 105 cm³/mol. The monoisotopic (exact) mass is 371 g/mol. The highest BCUT2D eigenvalue weighted by molar-refractivity contribution is 5.85. The number of hydrogen-bond donors (Lipinski definition) is 2. The quantitative estimate of drug-likeness (QED) is 0.634. The van der Waals surface area contributed by atoms with Crippen molar-refractivity contribution >= 4 is 12.4 Å². The molecule has 3 N–H and O–H groups in total. The number of rotatable bonds is 6. The molecule has 0 aromatic heterocycles. The summed E-state index contributed by atoms with van der Waals surface area (Å²) in [4.78, 5) is 0. The van der Waals surface area contributed by atoms with Crippen molar-refractivity contribution < 1.29 is 14.6 Å². The first kappa shape index (κ1) is 19.8. The topological polar surface area (TPSA) is 64.7 Å². The third-order valence-corrected chi connectivity index (χ3v) is 3.81. The zero-order chi connectivity index (χ0) is 17.6. The van der Waals surface area contributed by atoms with Gasteiger partial charge in [-0.1, -0.05) is 42.5 Å². The molecule has 0 bridgehead atoms. The Labute approximate surface area is 159 Å². The van der Waals surface area contributed by atoms with Gasteiger partial charge in [-0.2, -0.15) is 0 Å². The van der Waals surface area contributed by atoms with Gasteiger partial charge in [0.1, 0.15) is 11.5 Å². The summed E-state index contributed by atoms with van der Waals surface area (Å²) in [5.41, 5.74) is 6.84. The van der Waals surface area contributed by atoms with Crippen molar-refractivity contribution in [2.45, 2.75) is 19.1 Å². The van der Waals surface area contributed by atoms with E-state index in [2.05, 4.69) is 0 Å². The molecule has 2 atom stereocenters. The van der Waals surface area contributed by atoms with Crippen LogP contribution in [-0.2, 0) is 0 Å². The molecule has 0 amide bonds. The van der Waals surface area contributed by atoms with Gasteiger partial charge in [0.05, 0.1) is 12.1 Å². The van der Waals surface area contributed by atoms with Crippen molar-refractivity contribution in [3.63, 3.8) is 0 Å². The third-order valence-electron chi connectivity index (χ3n) is 3.81. The second-order valence-corrected chi connectivity index (χ2v) is 5.80. The normalized spacial score (nSPS) is 12.6. The molecule has 0 saturated carbocycles. The van der Waals surface area contributed by atoms with Gasteiger partial charge in [-0.3, -0.25) is 0 Å². The summed E-state index contributed by atoms with van der Waals surface area (Å²) in [5, 5.41) is 9.76. The van der Waals surface area contributed by atoms with Crippen LogP contribution in [0.1, 0.15) is 18.5 Å². The Balaban J connectivity index is 0.00000243. The molecular formula is C21H22ClNO3. The van der Waals surface area contributed by atoms with Crippen LogP contribution in [0.4, 0.5) is 0 Å². The largest absolute Gasteiger partial charge is 0.453 e. The molecular weight excluding hydrogens is 350 g/mol. The van der Waals surface area contributed by atoms with Crippen LogP contribution in [0, 0.1) is 0 Å². The van der Waals surface area contributed by atoms with E-state index >= 15 is 0 Å². The summed E-state index contributed by atoms with van der Waals surface area (Å²) >= 11 is 0. The molecule has 5 heteroatoms. The zero-order valence-corrected chi connectivity index (χ0v) is 15.2. The lowest BCUT2D eigenvalue weighted by atomic mass is 10.0. The van der Waals surface area contributed by atoms with E-state index in [-0.39, 0.29) is 12.4 Å². The van der Waals surface area contributed by atoms with E-state index in [0.29, 0.717) is 23.0 Å².